The van der Waals surface area contributed by atoms with Gasteiger partial charge in [0, 0.05) is 25.7 Å². The second-order valence-corrected chi connectivity index (χ2v) is 5.83. The van der Waals surface area contributed by atoms with Gasteiger partial charge in [-0.25, -0.2) is 0 Å². The third-order valence-corrected chi connectivity index (χ3v) is 3.86. The monoisotopic (exact) mass is 293 g/mol. The topological polar surface area (TPSA) is 78.6 Å². The first kappa shape index (κ1) is 15.7. The van der Waals surface area contributed by atoms with Gasteiger partial charge < -0.3 is 15.3 Å². The molecule has 21 heavy (non-hydrogen) atoms. The predicted molar refractivity (Wildman–Crippen MR) is 82.3 cm³/mol. The fraction of sp³-hybridized carbons (Fsp3) is 0.600. The number of nitrogens with one attached hydrogen (secondary N) is 1. The van der Waals surface area contributed by atoms with Gasteiger partial charge in [0.05, 0.1) is 11.0 Å². The first-order valence-electron chi connectivity index (χ1n) is 7.37. The predicted octanol–water partition coefficient (Wildman–Crippen LogP) is 2.23. The summed E-state index contributed by atoms with van der Waals surface area (Å²) >= 11 is 0. The van der Waals surface area contributed by atoms with Crippen molar-refractivity contribution in [1.29, 1.82) is 0 Å². The van der Waals surface area contributed by atoms with Crippen LogP contribution in [0.3, 0.4) is 0 Å². The Kier molecular flexibility index (Phi) is 5.14. The molecule has 0 heterocycles. The smallest absolute Gasteiger partial charge is 0.292 e. The maximum Gasteiger partial charge on any atom is 0.292 e. The summed E-state index contributed by atoms with van der Waals surface area (Å²) in [6.45, 7) is 4.28. The van der Waals surface area contributed by atoms with E-state index in [1.165, 1.54) is 0 Å². The number of hydrogen-bond donors (Lipinski definition) is 2. The minimum Gasteiger partial charge on any atom is -0.393 e. The van der Waals surface area contributed by atoms with Crippen LogP contribution in [0, 0.1) is 16.0 Å². The fourth-order valence-electron chi connectivity index (χ4n) is 2.84. The highest BCUT2D eigenvalue weighted by atomic mass is 16.6. The van der Waals surface area contributed by atoms with Gasteiger partial charge in [0.25, 0.3) is 5.69 Å². The van der Waals surface area contributed by atoms with Crippen LogP contribution in [0.25, 0.3) is 0 Å². The zero-order valence-corrected chi connectivity index (χ0v) is 12.6. The van der Waals surface area contributed by atoms with Crippen LogP contribution in [0.1, 0.15) is 25.3 Å². The zero-order chi connectivity index (χ0) is 15.4. The van der Waals surface area contributed by atoms with Crippen molar-refractivity contribution in [3.05, 3.63) is 33.9 Å². The quantitative estimate of drug-likeness (QED) is 0.595. The molecule has 116 valence electrons. The summed E-state index contributed by atoms with van der Waals surface area (Å²) in [6, 6.07) is 5.23. The molecule has 1 aliphatic carbocycles. The number of aliphatic hydroxyl groups excluding tert-OH is 1. The first-order chi connectivity index (χ1) is 9.99. The van der Waals surface area contributed by atoms with Gasteiger partial charge in [-0.1, -0.05) is 6.07 Å². The molecule has 0 saturated heterocycles. The summed E-state index contributed by atoms with van der Waals surface area (Å²) in [6.07, 6.45) is 1.64. The molecule has 0 aliphatic heterocycles. The number of nitrogens with zero attached hydrogens (tertiary/aromatic N) is 2. The van der Waals surface area contributed by atoms with E-state index in [9.17, 15) is 15.2 Å². The Labute approximate surface area is 124 Å². The standard InChI is InChI=1S/C15H23N3O3/c1-3-16-14-8-11(4-5-15(14)18(20)21)9-17(2)10-12-6-13(19)7-12/h4-5,8,12-13,16,19H,3,6-7,9-10H2,1-2H3. The Balaban J connectivity index is 1.99. The van der Waals surface area contributed by atoms with E-state index in [1.54, 1.807) is 6.07 Å². The van der Waals surface area contributed by atoms with E-state index in [-0.39, 0.29) is 16.7 Å². The Hall–Kier alpha value is -1.66. The van der Waals surface area contributed by atoms with Crippen LogP contribution in [0.15, 0.2) is 18.2 Å². The van der Waals surface area contributed by atoms with E-state index in [0.717, 1.165) is 31.5 Å². The molecule has 0 radical (unpaired) electrons. The molecule has 1 aromatic carbocycles. The molecular weight excluding hydrogens is 270 g/mol. The Bertz CT molecular complexity index is 501. The molecule has 2 rings (SSSR count). The minimum atomic E-state index is -0.360. The van der Waals surface area contributed by atoms with Crippen molar-refractivity contribution in [2.75, 3.05) is 25.5 Å². The second kappa shape index (κ2) is 6.87. The lowest BCUT2D eigenvalue weighted by molar-refractivity contribution is -0.384. The van der Waals surface area contributed by atoms with E-state index in [2.05, 4.69) is 10.2 Å². The van der Waals surface area contributed by atoms with Crippen LogP contribution in [-0.4, -0.2) is 41.2 Å². The molecule has 1 fully saturated rings. The van der Waals surface area contributed by atoms with Crippen molar-refractivity contribution in [2.24, 2.45) is 5.92 Å². The molecule has 0 bridgehead atoms. The SMILES string of the molecule is CCNc1cc(CN(C)CC2CC(O)C2)ccc1[N+](=O)[O-]. The van der Waals surface area contributed by atoms with Crippen molar-refractivity contribution >= 4 is 11.4 Å². The van der Waals surface area contributed by atoms with E-state index < -0.39 is 0 Å². The number of aliphatic hydroxyl groups is 1. The van der Waals surface area contributed by atoms with Gasteiger partial charge in [-0.15, -0.1) is 0 Å². The average Bonchev–Trinajstić information content (AvgIpc) is 2.37. The summed E-state index contributed by atoms with van der Waals surface area (Å²) < 4.78 is 0. The zero-order valence-electron chi connectivity index (χ0n) is 12.6. The summed E-state index contributed by atoms with van der Waals surface area (Å²) in [5.74, 6) is 0.566. The van der Waals surface area contributed by atoms with Gasteiger partial charge in [-0.05, 0) is 44.4 Å². The molecule has 6 heteroatoms. The molecule has 0 unspecified atom stereocenters. The molecule has 6 nitrogen and oxygen atoms in total. The van der Waals surface area contributed by atoms with Crippen LogP contribution in [0.2, 0.25) is 0 Å². The highest BCUT2D eigenvalue weighted by Crippen LogP contribution is 2.29. The third kappa shape index (κ3) is 4.15. The van der Waals surface area contributed by atoms with Gasteiger partial charge in [-0.3, -0.25) is 10.1 Å². The van der Waals surface area contributed by atoms with Gasteiger partial charge in [0.2, 0.25) is 0 Å². The summed E-state index contributed by atoms with van der Waals surface area (Å²) in [5, 5.41) is 23.3. The summed E-state index contributed by atoms with van der Waals surface area (Å²) in [5.41, 5.74) is 1.75. The first-order valence-corrected chi connectivity index (χ1v) is 7.37. The number of nitro groups is 1. The molecule has 1 aliphatic rings. The molecule has 0 amide bonds. The lowest BCUT2D eigenvalue weighted by atomic mass is 9.82. The van der Waals surface area contributed by atoms with Crippen molar-refractivity contribution in [3.8, 4) is 0 Å². The highest BCUT2D eigenvalue weighted by molar-refractivity contribution is 5.62. The molecule has 2 N–H and O–H groups in total. The molecule has 0 atom stereocenters. The molecule has 1 aromatic rings. The van der Waals surface area contributed by atoms with E-state index in [4.69, 9.17) is 0 Å². The number of hydrogen-bond acceptors (Lipinski definition) is 5. The van der Waals surface area contributed by atoms with Crippen LogP contribution < -0.4 is 5.32 Å². The Morgan fingerprint density at radius 1 is 1.48 bits per heavy atom. The van der Waals surface area contributed by atoms with Crippen molar-refractivity contribution < 1.29 is 10.0 Å². The van der Waals surface area contributed by atoms with E-state index in [0.29, 0.717) is 18.2 Å². The third-order valence-electron chi connectivity index (χ3n) is 3.86. The molecular formula is C15H23N3O3. The minimum absolute atomic E-state index is 0.116. The van der Waals surface area contributed by atoms with Crippen LogP contribution in [0.4, 0.5) is 11.4 Å². The van der Waals surface area contributed by atoms with Crippen LogP contribution in [-0.2, 0) is 6.54 Å². The van der Waals surface area contributed by atoms with Gasteiger partial charge >= 0.3 is 0 Å². The maximum atomic E-state index is 11.0. The summed E-state index contributed by atoms with van der Waals surface area (Å²) in [4.78, 5) is 12.8. The number of nitro benzene ring substituents is 1. The maximum absolute atomic E-state index is 11.0. The fourth-order valence-corrected chi connectivity index (χ4v) is 2.84. The average molecular weight is 293 g/mol. The lowest BCUT2D eigenvalue weighted by Gasteiger charge is -2.34. The molecule has 1 saturated carbocycles. The Morgan fingerprint density at radius 3 is 2.76 bits per heavy atom. The van der Waals surface area contributed by atoms with Gasteiger partial charge in [-0.2, -0.15) is 0 Å². The largest absolute Gasteiger partial charge is 0.393 e. The second-order valence-electron chi connectivity index (χ2n) is 5.83. The highest BCUT2D eigenvalue weighted by Gasteiger charge is 2.27. The normalized spacial score (nSPS) is 21.1. The summed E-state index contributed by atoms with van der Waals surface area (Å²) in [7, 11) is 2.04. The van der Waals surface area contributed by atoms with Crippen molar-refractivity contribution in [1.82, 2.24) is 4.90 Å². The van der Waals surface area contributed by atoms with E-state index in [1.807, 2.05) is 26.1 Å². The molecule has 0 spiro atoms. The van der Waals surface area contributed by atoms with Crippen LogP contribution in [0.5, 0.6) is 0 Å². The van der Waals surface area contributed by atoms with Crippen LogP contribution >= 0.6 is 0 Å². The number of benzene rings is 1. The van der Waals surface area contributed by atoms with Crippen molar-refractivity contribution in [3.63, 3.8) is 0 Å². The van der Waals surface area contributed by atoms with E-state index >= 15 is 0 Å². The Morgan fingerprint density at radius 2 is 2.19 bits per heavy atom. The molecule has 0 aromatic heterocycles. The van der Waals surface area contributed by atoms with Gasteiger partial charge in [0.1, 0.15) is 5.69 Å². The van der Waals surface area contributed by atoms with Gasteiger partial charge in [0.15, 0.2) is 0 Å². The lowest BCUT2D eigenvalue weighted by Crippen LogP contribution is -2.36. The number of rotatable bonds is 7. The van der Waals surface area contributed by atoms with Crippen molar-refractivity contribution in [2.45, 2.75) is 32.4 Å². The number of anilines is 1.